The van der Waals surface area contributed by atoms with E-state index in [1.165, 1.54) is 19.3 Å². The molecule has 21 heavy (non-hydrogen) atoms. The maximum Gasteiger partial charge on any atom is 0.203 e. The van der Waals surface area contributed by atoms with Crippen molar-refractivity contribution in [3.05, 3.63) is 17.7 Å². The normalized spacial score (nSPS) is 14.7. The molecule has 1 aromatic carbocycles. The molecule has 116 valence electrons. The lowest BCUT2D eigenvalue weighted by atomic mass is 10.1. The van der Waals surface area contributed by atoms with Gasteiger partial charge in [-0.15, -0.1) is 0 Å². The lowest BCUT2D eigenvalue weighted by Crippen LogP contribution is -2.35. The van der Waals surface area contributed by atoms with Crippen LogP contribution >= 0.6 is 12.2 Å². The van der Waals surface area contributed by atoms with Crippen LogP contribution in [0, 0.1) is 0 Å². The molecule has 1 aliphatic rings. The summed E-state index contributed by atoms with van der Waals surface area (Å²) in [5.41, 5.74) is 1.08. The van der Waals surface area contributed by atoms with Crippen molar-refractivity contribution in [2.24, 2.45) is 0 Å². The summed E-state index contributed by atoms with van der Waals surface area (Å²) in [7, 11) is 4.87. The van der Waals surface area contributed by atoms with Gasteiger partial charge in [-0.3, -0.25) is 0 Å². The fraction of sp³-hybridized carbons (Fsp3) is 0.562. The number of hydrogen-bond donors (Lipinski definition) is 0. The third-order valence-corrected chi connectivity index (χ3v) is 4.19. The summed E-state index contributed by atoms with van der Waals surface area (Å²) in [6.07, 6.45) is 4.50. The molecule has 0 aromatic heterocycles. The summed E-state index contributed by atoms with van der Waals surface area (Å²) in [4.78, 5) is 3.30. The summed E-state index contributed by atoms with van der Waals surface area (Å²) in [6, 6.07) is 3.94. The maximum atomic E-state index is 5.59. The van der Waals surface area contributed by atoms with Crippen molar-refractivity contribution in [1.29, 1.82) is 0 Å². The van der Waals surface area contributed by atoms with Crippen LogP contribution < -0.4 is 14.2 Å². The predicted molar refractivity (Wildman–Crippen MR) is 87.8 cm³/mol. The highest BCUT2D eigenvalue weighted by Crippen LogP contribution is 2.38. The first-order chi connectivity index (χ1) is 10.2. The minimum Gasteiger partial charge on any atom is -0.493 e. The minimum atomic E-state index is 0.618. The zero-order valence-corrected chi connectivity index (χ0v) is 13.8. The van der Waals surface area contributed by atoms with Crippen LogP contribution in [-0.2, 0) is 6.42 Å². The second-order valence-electron chi connectivity index (χ2n) is 5.15. The summed E-state index contributed by atoms with van der Waals surface area (Å²) >= 11 is 5.59. The van der Waals surface area contributed by atoms with Gasteiger partial charge in [-0.2, -0.15) is 0 Å². The van der Waals surface area contributed by atoms with Gasteiger partial charge in [0.1, 0.15) is 0 Å². The number of nitrogens with zero attached hydrogens (tertiary/aromatic N) is 1. The first kappa shape index (κ1) is 15.9. The summed E-state index contributed by atoms with van der Waals surface area (Å²) in [6.45, 7) is 2.15. The third-order valence-electron chi connectivity index (χ3n) is 3.79. The molecule has 1 saturated heterocycles. The van der Waals surface area contributed by atoms with Gasteiger partial charge in [0.05, 0.1) is 26.3 Å². The molecule has 0 unspecified atom stereocenters. The van der Waals surface area contributed by atoms with Crippen molar-refractivity contribution in [1.82, 2.24) is 4.90 Å². The molecule has 0 atom stereocenters. The molecule has 2 rings (SSSR count). The van der Waals surface area contributed by atoms with Gasteiger partial charge >= 0.3 is 0 Å². The van der Waals surface area contributed by atoms with Crippen molar-refractivity contribution in [3.8, 4) is 17.2 Å². The molecule has 0 amide bonds. The average molecular weight is 309 g/mol. The second-order valence-corrected chi connectivity index (χ2v) is 5.62. The molecule has 5 heteroatoms. The van der Waals surface area contributed by atoms with Crippen molar-refractivity contribution < 1.29 is 14.2 Å². The van der Waals surface area contributed by atoms with E-state index >= 15 is 0 Å². The van der Waals surface area contributed by atoms with Crippen LogP contribution in [0.1, 0.15) is 24.8 Å². The molecule has 1 heterocycles. The molecule has 0 saturated carbocycles. The summed E-state index contributed by atoms with van der Waals surface area (Å²) in [5.74, 6) is 1.97. The number of methoxy groups -OCH3 is 3. The summed E-state index contributed by atoms with van der Waals surface area (Å²) in [5, 5.41) is 0. The number of likely N-dealkylation sites (tertiary alicyclic amines) is 1. The first-order valence-electron chi connectivity index (χ1n) is 7.26. The van der Waals surface area contributed by atoms with Gasteiger partial charge in [0, 0.05) is 19.5 Å². The van der Waals surface area contributed by atoms with Crippen molar-refractivity contribution in [3.63, 3.8) is 0 Å². The van der Waals surface area contributed by atoms with Gasteiger partial charge < -0.3 is 19.1 Å². The molecule has 1 aromatic rings. The summed E-state index contributed by atoms with van der Waals surface area (Å²) < 4.78 is 16.1. The quantitative estimate of drug-likeness (QED) is 0.780. The Labute approximate surface area is 132 Å². The molecule has 1 aliphatic heterocycles. The Hall–Kier alpha value is -1.49. The Bertz CT molecular complexity index is 473. The SMILES string of the molecule is COc1cc(CC(=S)N2CCCCC2)cc(OC)c1OC. The fourth-order valence-corrected chi connectivity index (χ4v) is 3.02. The van der Waals surface area contributed by atoms with Crippen LogP contribution in [0.4, 0.5) is 0 Å². The first-order valence-corrected chi connectivity index (χ1v) is 7.67. The molecule has 0 N–H and O–H groups in total. The van der Waals surface area contributed by atoms with Gasteiger partial charge in [0.2, 0.25) is 5.75 Å². The molecule has 1 fully saturated rings. The zero-order chi connectivity index (χ0) is 15.2. The maximum absolute atomic E-state index is 5.59. The zero-order valence-electron chi connectivity index (χ0n) is 13.0. The van der Waals surface area contributed by atoms with Crippen LogP contribution in [0.2, 0.25) is 0 Å². The van der Waals surface area contributed by atoms with Crippen LogP contribution in [0.3, 0.4) is 0 Å². The second kappa shape index (κ2) is 7.50. The predicted octanol–water partition coefficient (Wildman–Crippen LogP) is 3.07. The Balaban J connectivity index is 2.17. The number of piperidine rings is 1. The topological polar surface area (TPSA) is 30.9 Å². The van der Waals surface area contributed by atoms with Gasteiger partial charge in [-0.25, -0.2) is 0 Å². The smallest absolute Gasteiger partial charge is 0.203 e. The Morgan fingerprint density at radius 3 is 2.05 bits per heavy atom. The highest BCUT2D eigenvalue weighted by Gasteiger charge is 2.17. The Morgan fingerprint density at radius 1 is 1.00 bits per heavy atom. The molecule has 0 bridgehead atoms. The van der Waals surface area contributed by atoms with E-state index in [1.807, 2.05) is 12.1 Å². The standard InChI is InChI=1S/C16H23NO3S/c1-18-13-9-12(10-14(19-2)16(13)20-3)11-15(21)17-7-5-4-6-8-17/h9-10H,4-8,11H2,1-3H3. The molecule has 4 nitrogen and oxygen atoms in total. The fourth-order valence-electron chi connectivity index (χ4n) is 2.67. The molecule has 0 aliphatic carbocycles. The van der Waals surface area contributed by atoms with E-state index in [0.717, 1.165) is 30.1 Å². The Kier molecular flexibility index (Phi) is 5.67. The molecular formula is C16H23NO3S. The molecule has 0 spiro atoms. The van der Waals surface area contributed by atoms with E-state index in [1.54, 1.807) is 21.3 Å². The van der Waals surface area contributed by atoms with E-state index in [0.29, 0.717) is 17.2 Å². The van der Waals surface area contributed by atoms with Crippen LogP contribution in [0.5, 0.6) is 17.2 Å². The van der Waals surface area contributed by atoms with Crippen molar-refractivity contribution in [2.75, 3.05) is 34.4 Å². The monoisotopic (exact) mass is 309 g/mol. The van der Waals surface area contributed by atoms with Crippen LogP contribution in [0.15, 0.2) is 12.1 Å². The van der Waals surface area contributed by atoms with Gasteiger partial charge in [-0.05, 0) is 37.0 Å². The lowest BCUT2D eigenvalue weighted by molar-refractivity contribution is 0.323. The number of rotatable bonds is 5. The van der Waals surface area contributed by atoms with E-state index in [9.17, 15) is 0 Å². The third kappa shape index (κ3) is 3.79. The van der Waals surface area contributed by atoms with E-state index in [-0.39, 0.29) is 0 Å². The number of ether oxygens (including phenoxy) is 3. The van der Waals surface area contributed by atoms with E-state index < -0.39 is 0 Å². The van der Waals surface area contributed by atoms with Crippen LogP contribution in [-0.4, -0.2) is 44.3 Å². The van der Waals surface area contributed by atoms with E-state index in [2.05, 4.69) is 4.90 Å². The van der Waals surface area contributed by atoms with Crippen LogP contribution in [0.25, 0.3) is 0 Å². The van der Waals surface area contributed by atoms with Gasteiger partial charge in [-0.1, -0.05) is 12.2 Å². The average Bonchev–Trinajstić information content (AvgIpc) is 2.54. The van der Waals surface area contributed by atoms with E-state index in [4.69, 9.17) is 26.4 Å². The van der Waals surface area contributed by atoms with Crippen molar-refractivity contribution >= 4 is 17.2 Å². The van der Waals surface area contributed by atoms with Gasteiger partial charge in [0.25, 0.3) is 0 Å². The minimum absolute atomic E-state index is 0.618. The Morgan fingerprint density at radius 2 is 1.57 bits per heavy atom. The highest BCUT2D eigenvalue weighted by molar-refractivity contribution is 7.80. The highest BCUT2D eigenvalue weighted by atomic mass is 32.1. The number of thiocarbonyl (C=S) groups is 1. The molecule has 0 radical (unpaired) electrons. The lowest BCUT2D eigenvalue weighted by Gasteiger charge is -2.29. The van der Waals surface area contributed by atoms with Crippen molar-refractivity contribution in [2.45, 2.75) is 25.7 Å². The largest absolute Gasteiger partial charge is 0.493 e. The number of benzene rings is 1. The molecular weight excluding hydrogens is 286 g/mol. The van der Waals surface area contributed by atoms with Gasteiger partial charge in [0.15, 0.2) is 11.5 Å². The number of hydrogen-bond acceptors (Lipinski definition) is 4.